The first-order valence-corrected chi connectivity index (χ1v) is 23.0. The van der Waals surface area contributed by atoms with E-state index in [9.17, 15) is 19.2 Å². The van der Waals surface area contributed by atoms with Gasteiger partial charge in [0.2, 0.25) is 0 Å². The van der Waals surface area contributed by atoms with Crippen LogP contribution in [0.4, 0.5) is 0 Å². The monoisotopic (exact) mass is 860 g/mol. The third-order valence-corrected chi connectivity index (χ3v) is 14.0. The molecule has 4 aromatic rings. The molecule has 2 saturated carbocycles. The summed E-state index contributed by atoms with van der Waals surface area (Å²) in [6.45, 7) is 9.30. The Bertz CT molecular complexity index is 2400. The van der Waals surface area contributed by atoms with Crippen molar-refractivity contribution in [2.75, 3.05) is 39.8 Å². The summed E-state index contributed by atoms with van der Waals surface area (Å²) in [4.78, 5) is 55.9. The van der Waals surface area contributed by atoms with E-state index in [1.165, 1.54) is 24.0 Å². The van der Waals surface area contributed by atoms with Gasteiger partial charge in [-0.15, -0.1) is 6.42 Å². The number of likely N-dealkylation sites (tertiary alicyclic amines) is 2. The molecule has 0 spiro atoms. The van der Waals surface area contributed by atoms with E-state index in [1.54, 1.807) is 7.05 Å². The van der Waals surface area contributed by atoms with Gasteiger partial charge in [0.25, 0.3) is 23.6 Å². The SMILES string of the molecule is C.C#Cc1ccc(C2CCN(C(=O)c3cc(C(=O)NC)c(C4CCC4)cc3C)CC2)cc1.CCNC(=O)c1cc(C(=O)N2CCC(c3ccc(C#N)cc3)CC2)c(C)cc1C1CCC1. The van der Waals surface area contributed by atoms with E-state index in [0.717, 1.165) is 92.3 Å². The molecular weight excluding hydrogens is 795 g/mol. The first-order chi connectivity index (χ1) is 30.5. The number of nitriles is 1. The Morgan fingerprint density at radius 3 is 1.36 bits per heavy atom. The molecule has 0 aromatic heterocycles. The Hall–Kier alpha value is -6.19. The fourth-order valence-corrected chi connectivity index (χ4v) is 9.67. The molecule has 4 fully saturated rings. The number of terminal acetylenes is 1. The van der Waals surface area contributed by atoms with Gasteiger partial charge in [0.15, 0.2) is 0 Å². The minimum Gasteiger partial charge on any atom is -0.355 e. The highest BCUT2D eigenvalue weighted by Gasteiger charge is 2.31. The minimum absolute atomic E-state index is 0. The average Bonchev–Trinajstić information content (AvgIpc) is 3.28. The number of hydrogen-bond acceptors (Lipinski definition) is 5. The molecule has 2 aliphatic heterocycles. The van der Waals surface area contributed by atoms with Crippen LogP contribution in [-0.2, 0) is 0 Å². The first kappa shape index (κ1) is 47.3. The molecule has 4 amide bonds. The zero-order chi connectivity index (χ0) is 44.6. The van der Waals surface area contributed by atoms with E-state index in [-0.39, 0.29) is 31.1 Å². The van der Waals surface area contributed by atoms with E-state index in [4.69, 9.17) is 11.7 Å². The van der Waals surface area contributed by atoms with E-state index < -0.39 is 0 Å². The molecular formula is C55H65N5O4. The lowest BCUT2D eigenvalue weighted by atomic mass is 9.77. The number of nitrogens with zero attached hydrogens (tertiary/aromatic N) is 3. The van der Waals surface area contributed by atoms with Crippen LogP contribution in [-0.4, -0.2) is 73.2 Å². The quantitative estimate of drug-likeness (QED) is 0.162. The normalized spacial score (nSPS) is 16.7. The maximum Gasteiger partial charge on any atom is 0.254 e. The van der Waals surface area contributed by atoms with Crippen molar-refractivity contribution in [1.82, 2.24) is 20.4 Å². The molecule has 4 aliphatic rings. The van der Waals surface area contributed by atoms with Gasteiger partial charge in [0.1, 0.15) is 0 Å². The number of piperidine rings is 2. The maximum atomic E-state index is 13.4. The predicted octanol–water partition coefficient (Wildman–Crippen LogP) is 10.2. The molecule has 2 N–H and O–H groups in total. The molecule has 0 radical (unpaired) electrons. The van der Waals surface area contributed by atoms with Crippen molar-refractivity contribution in [2.45, 2.75) is 116 Å². The second-order valence-corrected chi connectivity index (χ2v) is 17.8. The van der Waals surface area contributed by atoms with E-state index in [0.29, 0.717) is 71.1 Å². The van der Waals surface area contributed by atoms with Crippen molar-refractivity contribution in [3.63, 3.8) is 0 Å². The molecule has 8 rings (SSSR count). The summed E-state index contributed by atoms with van der Waals surface area (Å²) >= 11 is 0. The fraction of sp³-hybridized carbons (Fsp3) is 0.436. The zero-order valence-corrected chi connectivity index (χ0v) is 37.4. The van der Waals surface area contributed by atoms with E-state index in [2.05, 4.69) is 46.9 Å². The van der Waals surface area contributed by atoms with Crippen molar-refractivity contribution >= 4 is 23.6 Å². The summed E-state index contributed by atoms with van der Waals surface area (Å²) in [5.74, 6) is 4.23. The van der Waals surface area contributed by atoms with Gasteiger partial charge in [0, 0.05) is 67.6 Å². The van der Waals surface area contributed by atoms with Crippen LogP contribution in [0.3, 0.4) is 0 Å². The van der Waals surface area contributed by atoms with Crippen LogP contribution in [0, 0.1) is 37.5 Å². The van der Waals surface area contributed by atoms with Crippen LogP contribution in [0.25, 0.3) is 0 Å². The number of benzene rings is 4. The second-order valence-electron chi connectivity index (χ2n) is 17.8. The third kappa shape index (κ3) is 10.4. The minimum atomic E-state index is -0.106. The lowest BCUT2D eigenvalue weighted by molar-refractivity contribution is 0.0704. The summed E-state index contributed by atoms with van der Waals surface area (Å²) in [6.07, 6.45) is 16.0. The largest absolute Gasteiger partial charge is 0.355 e. The van der Waals surface area contributed by atoms with Crippen LogP contribution in [0.15, 0.2) is 72.8 Å². The number of rotatable bonds is 9. The van der Waals surface area contributed by atoms with Gasteiger partial charge in [0.05, 0.1) is 11.6 Å². The molecule has 4 aromatic carbocycles. The van der Waals surface area contributed by atoms with Crippen molar-refractivity contribution in [1.29, 1.82) is 5.26 Å². The zero-order valence-electron chi connectivity index (χ0n) is 37.4. The number of nitrogens with one attached hydrogen (secondary N) is 2. The fourth-order valence-electron chi connectivity index (χ4n) is 9.67. The highest BCUT2D eigenvalue weighted by molar-refractivity contribution is 6.03. The van der Waals surface area contributed by atoms with Crippen molar-refractivity contribution in [3.8, 4) is 18.4 Å². The van der Waals surface area contributed by atoms with Crippen LogP contribution in [0.5, 0.6) is 0 Å². The van der Waals surface area contributed by atoms with Gasteiger partial charge in [-0.1, -0.05) is 62.6 Å². The summed E-state index contributed by atoms with van der Waals surface area (Å²) in [5, 5.41) is 14.7. The lowest BCUT2D eigenvalue weighted by Gasteiger charge is -2.33. The van der Waals surface area contributed by atoms with Gasteiger partial charge in [-0.25, -0.2) is 0 Å². The molecule has 9 nitrogen and oxygen atoms in total. The number of aryl methyl sites for hydroxylation is 2. The highest BCUT2D eigenvalue weighted by atomic mass is 16.2. The molecule has 0 atom stereocenters. The van der Waals surface area contributed by atoms with Gasteiger partial charge >= 0.3 is 0 Å². The predicted molar refractivity (Wildman–Crippen MR) is 255 cm³/mol. The van der Waals surface area contributed by atoms with Gasteiger partial charge in [-0.3, -0.25) is 19.2 Å². The summed E-state index contributed by atoms with van der Waals surface area (Å²) in [6, 6.07) is 25.9. The topological polar surface area (TPSA) is 123 Å². The second kappa shape index (κ2) is 21.5. The summed E-state index contributed by atoms with van der Waals surface area (Å²) in [7, 11) is 1.65. The number of carbonyl (C=O) groups is 4. The lowest BCUT2D eigenvalue weighted by Crippen LogP contribution is -2.38. The Balaban J connectivity index is 0.000000209. The summed E-state index contributed by atoms with van der Waals surface area (Å²) < 4.78 is 0. The van der Waals surface area contributed by atoms with Crippen molar-refractivity contribution in [3.05, 3.63) is 140 Å². The molecule has 2 saturated heterocycles. The molecule has 334 valence electrons. The highest BCUT2D eigenvalue weighted by Crippen LogP contribution is 2.41. The molecule has 64 heavy (non-hydrogen) atoms. The maximum absolute atomic E-state index is 13.4. The van der Waals surface area contributed by atoms with E-state index >= 15 is 0 Å². The van der Waals surface area contributed by atoms with Gasteiger partial charge in [-0.05, 0) is 166 Å². The average molecular weight is 860 g/mol. The molecule has 2 heterocycles. The Labute approximate surface area is 381 Å². The Kier molecular flexibility index (Phi) is 15.9. The van der Waals surface area contributed by atoms with Gasteiger partial charge in [-0.2, -0.15) is 5.26 Å². The Morgan fingerprint density at radius 1 is 0.609 bits per heavy atom. The molecule has 0 unspecified atom stereocenters. The molecule has 0 bridgehead atoms. The van der Waals surface area contributed by atoms with Crippen LogP contribution in [0.2, 0.25) is 0 Å². The standard InChI is InChI=1S/C27H31N3O2.C27H30N2O2.CH4/c1-3-29-26(31)25-16-23(18(2)15-24(25)22-5-4-6-22)27(32)30-13-11-21(12-14-30)20-9-7-19(17-28)8-10-20;1-4-19-8-10-20(11-9-19)21-12-14-29(15-13-21)27(31)23-17-25(26(30)28-3)24(16-18(23)2)22-6-5-7-22;/h7-10,15-16,21-22H,3-6,11-14H2,1-2H3,(H,29,31);1,8-11,16-17,21-22H,5-7,12-15H2,2-3H3,(H,28,30);1H4. The number of amides is 4. The number of carbonyl (C=O) groups excluding carboxylic acids is 4. The van der Waals surface area contributed by atoms with Crippen LogP contribution in [0.1, 0.15) is 188 Å². The molecule has 9 heteroatoms. The summed E-state index contributed by atoms with van der Waals surface area (Å²) in [5.41, 5.74) is 10.8. The third-order valence-electron chi connectivity index (χ3n) is 14.0. The number of hydrogen-bond donors (Lipinski definition) is 2. The first-order valence-electron chi connectivity index (χ1n) is 23.0. The van der Waals surface area contributed by atoms with E-state index in [1.807, 2.05) is 79.1 Å². The van der Waals surface area contributed by atoms with Gasteiger partial charge < -0.3 is 20.4 Å². The van der Waals surface area contributed by atoms with Crippen LogP contribution < -0.4 is 10.6 Å². The smallest absolute Gasteiger partial charge is 0.254 e. The Morgan fingerprint density at radius 2 is 1.02 bits per heavy atom. The molecule has 2 aliphatic carbocycles. The van der Waals surface area contributed by atoms with Crippen molar-refractivity contribution in [2.24, 2.45) is 0 Å². The van der Waals surface area contributed by atoms with Crippen molar-refractivity contribution < 1.29 is 19.2 Å². The van der Waals surface area contributed by atoms with Crippen LogP contribution >= 0.6 is 0 Å².